The molecule has 4 fully saturated rings. The summed E-state index contributed by atoms with van der Waals surface area (Å²) in [6.07, 6.45) is 16.8. The van der Waals surface area contributed by atoms with Crippen molar-refractivity contribution in [2.75, 3.05) is 0 Å². The molecule has 0 radical (unpaired) electrons. The molecular weight excluding hydrogens is 296 g/mol. The van der Waals surface area contributed by atoms with Crippen molar-refractivity contribution < 1.29 is 10.2 Å². The average molecular weight is 331 g/mol. The highest BCUT2D eigenvalue weighted by molar-refractivity contribution is 5.17. The van der Waals surface area contributed by atoms with E-state index in [1.165, 1.54) is 44.9 Å². The molecule has 0 amide bonds. The molecule has 0 saturated heterocycles. The van der Waals surface area contributed by atoms with Gasteiger partial charge in [0.2, 0.25) is 0 Å². The van der Waals surface area contributed by atoms with Crippen LogP contribution in [0.5, 0.6) is 0 Å². The molecule has 1 spiro atoms. The van der Waals surface area contributed by atoms with Crippen LogP contribution in [0.25, 0.3) is 0 Å². The Morgan fingerprint density at radius 1 is 0.875 bits per heavy atom. The van der Waals surface area contributed by atoms with E-state index in [0.717, 1.165) is 48.9 Å². The van der Waals surface area contributed by atoms with Crippen LogP contribution in [0.1, 0.15) is 71.1 Å². The van der Waals surface area contributed by atoms with Crippen molar-refractivity contribution in [1.82, 2.24) is 0 Å². The molecule has 0 aromatic carbocycles. The van der Waals surface area contributed by atoms with Crippen LogP contribution in [0.2, 0.25) is 0 Å². The van der Waals surface area contributed by atoms with Gasteiger partial charge in [-0.1, -0.05) is 19.1 Å². The van der Waals surface area contributed by atoms with E-state index >= 15 is 0 Å². The molecule has 134 valence electrons. The molecule has 0 heterocycles. The minimum atomic E-state index is -0.199. The fraction of sp³-hybridized carbons (Fsp3) is 0.909. The van der Waals surface area contributed by atoms with Gasteiger partial charge in [-0.2, -0.15) is 0 Å². The molecule has 0 aromatic rings. The van der Waals surface area contributed by atoms with Gasteiger partial charge >= 0.3 is 0 Å². The van der Waals surface area contributed by atoms with E-state index in [1.54, 1.807) is 0 Å². The lowest BCUT2D eigenvalue weighted by Gasteiger charge is -2.62. The first-order valence-electron chi connectivity index (χ1n) is 10.6. The molecule has 5 rings (SSSR count). The van der Waals surface area contributed by atoms with Crippen LogP contribution in [0.4, 0.5) is 0 Å². The molecule has 0 bridgehead atoms. The third-order valence-electron chi connectivity index (χ3n) is 9.58. The standard InChI is InChI=1S/C22H34O2/c1-21-10-8-16(23)12-15(21)3-6-18-19(21)9-11-22-13-17(24)5-2-14(22)4-7-20(18)22/h2,5,14-20,23-24H,3-4,6-13H2,1H3/t14-,15-,16+,17-,18+,19-,20-,21-,22-/m0/s1. The first kappa shape index (κ1) is 15.9. The van der Waals surface area contributed by atoms with Gasteiger partial charge in [0.1, 0.15) is 0 Å². The number of hydrogen-bond donors (Lipinski definition) is 2. The van der Waals surface area contributed by atoms with Gasteiger partial charge in [0.15, 0.2) is 0 Å². The Kier molecular flexibility index (Phi) is 3.53. The minimum absolute atomic E-state index is 0.0379. The SMILES string of the molecule is C[C@]12CC[C@@H](O)C[C@@H]1CC[C@@H]1[C@@H]2CC[C@]23C[C@@H](O)C=C[C@H]2CC[C@@H]13. The summed E-state index contributed by atoms with van der Waals surface area (Å²) < 4.78 is 0. The van der Waals surface area contributed by atoms with Crippen LogP contribution in [0.15, 0.2) is 12.2 Å². The first-order valence-corrected chi connectivity index (χ1v) is 10.6. The van der Waals surface area contributed by atoms with Crippen LogP contribution in [-0.2, 0) is 0 Å². The van der Waals surface area contributed by atoms with Gasteiger partial charge in [-0.15, -0.1) is 0 Å². The van der Waals surface area contributed by atoms with Crippen molar-refractivity contribution in [2.24, 2.45) is 40.4 Å². The van der Waals surface area contributed by atoms with E-state index in [9.17, 15) is 10.2 Å². The molecule has 2 N–H and O–H groups in total. The topological polar surface area (TPSA) is 40.5 Å². The summed E-state index contributed by atoms with van der Waals surface area (Å²) in [6.45, 7) is 2.57. The van der Waals surface area contributed by atoms with Gasteiger partial charge in [0, 0.05) is 0 Å². The molecule has 0 aliphatic heterocycles. The van der Waals surface area contributed by atoms with Crippen molar-refractivity contribution in [2.45, 2.75) is 83.3 Å². The minimum Gasteiger partial charge on any atom is -0.393 e. The van der Waals surface area contributed by atoms with Gasteiger partial charge in [0.05, 0.1) is 12.2 Å². The summed E-state index contributed by atoms with van der Waals surface area (Å²) in [5.74, 6) is 4.11. The molecule has 4 saturated carbocycles. The smallest absolute Gasteiger partial charge is 0.0726 e. The van der Waals surface area contributed by atoms with Gasteiger partial charge in [0.25, 0.3) is 0 Å². The van der Waals surface area contributed by atoms with Crippen LogP contribution in [0, 0.1) is 40.4 Å². The summed E-state index contributed by atoms with van der Waals surface area (Å²) in [5.41, 5.74) is 0.900. The Bertz CT molecular complexity index is 542. The maximum Gasteiger partial charge on any atom is 0.0726 e. The van der Waals surface area contributed by atoms with E-state index < -0.39 is 0 Å². The van der Waals surface area contributed by atoms with Crippen molar-refractivity contribution >= 4 is 0 Å². The van der Waals surface area contributed by atoms with Crippen LogP contribution in [-0.4, -0.2) is 22.4 Å². The van der Waals surface area contributed by atoms with E-state index in [2.05, 4.69) is 19.1 Å². The maximum absolute atomic E-state index is 10.3. The Morgan fingerprint density at radius 2 is 1.75 bits per heavy atom. The second kappa shape index (κ2) is 5.33. The highest BCUT2D eigenvalue weighted by atomic mass is 16.3. The fourth-order valence-corrected chi connectivity index (χ4v) is 8.50. The normalized spacial score (nSPS) is 59.2. The Morgan fingerprint density at radius 3 is 2.62 bits per heavy atom. The van der Waals surface area contributed by atoms with Crippen LogP contribution in [0.3, 0.4) is 0 Å². The molecule has 24 heavy (non-hydrogen) atoms. The zero-order valence-electron chi connectivity index (χ0n) is 15.2. The van der Waals surface area contributed by atoms with Crippen molar-refractivity contribution in [3.63, 3.8) is 0 Å². The van der Waals surface area contributed by atoms with Crippen molar-refractivity contribution in [3.8, 4) is 0 Å². The fourth-order valence-electron chi connectivity index (χ4n) is 8.50. The number of aliphatic hydroxyl groups is 2. The lowest BCUT2D eigenvalue weighted by Crippen LogP contribution is -2.55. The van der Waals surface area contributed by atoms with E-state index in [-0.39, 0.29) is 12.2 Å². The van der Waals surface area contributed by atoms with Crippen molar-refractivity contribution in [3.05, 3.63) is 12.2 Å². The highest BCUT2D eigenvalue weighted by Gasteiger charge is 2.61. The predicted molar refractivity (Wildman–Crippen MR) is 95.3 cm³/mol. The molecule has 5 aliphatic rings. The molecule has 2 nitrogen and oxygen atoms in total. The number of rotatable bonds is 0. The third-order valence-corrected chi connectivity index (χ3v) is 9.58. The monoisotopic (exact) mass is 330 g/mol. The van der Waals surface area contributed by atoms with Gasteiger partial charge in [-0.25, -0.2) is 0 Å². The van der Waals surface area contributed by atoms with Crippen LogP contribution < -0.4 is 0 Å². The summed E-state index contributed by atoms with van der Waals surface area (Å²) >= 11 is 0. The lowest BCUT2D eigenvalue weighted by atomic mass is 9.43. The third kappa shape index (κ3) is 2.02. The molecule has 5 aliphatic carbocycles. The van der Waals surface area contributed by atoms with E-state index in [4.69, 9.17) is 0 Å². The molecule has 2 heteroatoms. The average Bonchev–Trinajstić information content (AvgIpc) is 2.94. The predicted octanol–water partition coefficient (Wildman–Crippen LogP) is 4.31. The second-order valence-electron chi connectivity index (χ2n) is 10.2. The zero-order chi connectivity index (χ0) is 16.5. The number of allylic oxidation sites excluding steroid dienone is 1. The Balaban J connectivity index is 1.46. The largest absolute Gasteiger partial charge is 0.393 e. The number of hydrogen-bond acceptors (Lipinski definition) is 2. The van der Waals surface area contributed by atoms with Crippen LogP contribution >= 0.6 is 0 Å². The quantitative estimate of drug-likeness (QED) is 0.650. The molecule has 0 unspecified atom stereocenters. The molecular formula is C22H34O2. The molecule has 9 atom stereocenters. The summed E-state index contributed by atoms with van der Waals surface area (Å²) in [4.78, 5) is 0. The molecule has 0 aromatic heterocycles. The number of fused-ring (bicyclic) bond motifs is 4. The van der Waals surface area contributed by atoms with Crippen molar-refractivity contribution in [1.29, 1.82) is 0 Å². The van der Waals surface area contributed by atoms with Gasteiger partial charge < -0.3 is 10.2 Å². The van der Waals surface area contributed by atoms with E-state index in [0.29, 0.717) is 10.8 Å². The maximum atomic E-state index is 10.3. The zero-order valence-corrected chi connectivity index (χ0v) is 15.2. The Hall–Kier alpha value is -0.340. The summed E-state index contributed by atoms with van der Waals surface area (Å²) in [7, 11) is 0. The number of aliphatic hydroxyl groups excluding tert-OH is 2. The summed E-state index contributed by atoms with van der Waals surface area (Å²) in [6, 6.07) is 0. The van der Waals surface area contributed by atoms with Gasteiger partial charge in [-0.05, 0) is 105 Å². The van der Waals surface area contributed by atoms with Gasteiger partial charge in [-0.3, -0.25) is 0 Å². The summed E-state index contributed by atoms with van der Waals surface area (Å²) in [5, 5.41) is 20.5. The van der Waals surface area contributed by atoms with E-state index in [1.807, 2.05) is 0 Å². The lowest BCUT2D eigenvalue weighted by molar-refractivity contribution is -0.134. The first-order chi connectivity index (χ1) is 11.5. The second-order valence-corrected chi connectivity index (χ2v) is 10.2. The highest BCUT2D eigenvalue weighted by Crippen LogP contribution is 2.69. The Labute approximate surface area is 146 Å².